The van der Waals surface area contributed by atoms with Crippen LogP contribution < -0.4 is 4.74 Å². The summed E-state index contributed by atoms with van der Waals surface area (Å²) in [7, 11) is 1.30. The normalized spacial score (nSPS) is 10.7. The number of ether oxygens (including phenoxy) is 2. The molecule has 0 unspecified atom stereocenters. The molecule has 3 rings (SSSR count). The van der Waals surface area contributed by atoms with Gasteiger partial charge in [-0.05, 0) is 48.9 Å². The molecule has 2 aromatic carbocycles. The Morgan fingerprint density at radius 1 is 1.16 bits per heavy atom. The zero-order valence-electron chi connectivity index (χ0n) is 13.7. The number of benzene rings is 2. The molecule has 3 aromatic rings. The summed E-state index contributed by atoms with van der Waals surface area (Å²) >= 11 is 6.14. The summed E-state index contributed by atoms with van der Waals surface area (Å²) < 4.78 is 15.4. The van der Waals surface area contributed by atoms with E-state index in [9.17, 15) is 9.59 Å². The molecule has 128 valence electrons. The number of carbonyl (C=O) groups is 2. The molecule has 0 fully saturated rings. The molecule has 0 spiro atoms. The maximum Gasteiger partial charge on any atom is 0.337 e. The Balaban J connectivity index is 1.72. The maximum absolute atomic E-state index is 12.2. The smallest absolute Gasteiger partial charge is 0.337 e. The molecule has 0 radical (unpaired) electrons. The number of rotatable bonds is 4. The highest BCUT2D eigenvalue weighted by Crippen LogP contribution is 2.28. The molecule has 0 N–H and O–H groups in total. The minimum atomic E-state index is -0.449. The van der Waals surface area contributed by atoms with E-state index < -0.39 is 11.9 Å². The van der Waals surface area contributed by atoms with Gasteiger partial charge in [0.2, 0.25) is 0 Å². The Bertz CT molecular complexity index is 940. The lowest BCUT2D eigenvalue weighted by Crippen LogP contribution is -2.11. The molecule has 0 aliphatic rings. The predicted octanol–water partition coefficient (Wildman–Crippen LogP) is 4.33. The molecule has 1 aromatic heterocycles. The van der Waals surface area contributed by atoms with E-state index in [-0.39, 0.29) is 6.42 Å². The van der Waals surface area contributed by atoms with Crippen molar-refractivity contribution in [1.29, 1.82) is 0 Å². The lowest BCUT2D eigenvalue weighted by atomic mass is 10.1. The third-order valence-electron chi connectivity index (χ3n) is 3.78. The second-order valence-electron chi connectivity index (χ2n) is 5.53. The summed E-state index contributed by atoms with van der Waals surface area (Å²) in [5, 5.41) is 1.40. The van der Waals surface area contributed by atoms with Crippen molar-refractivity contribution in [2.24, 2.45) is 0 Å². The Hall–Kier alpha value is -2.79. The highest BCUT2D eigenvalue weighted by Gasteiger charge is 2.14. The van der Waals surface area contributed by atoms with Crippen LogP contribution in [0.4, 0.5) is 0 Å². The zero-order chi connectivity index (χ0) is 18.0. The van der Waals surface area contributed by atoms with Crippen molar-refractivity contribution < 1.29 is 23.5 Å². The molecule has 0 atom stereocenters. The van der Waals surface area contributed by atoms with Gasteiger partial charge in [0.25, 0.3) is 0 Å². The van der Waals surface area contributed by atoms with Gasteiger partial charge in [0.05, 0.1) is 25.4 Å². The van der Waals surface area contributed by atoms with Crippen molar-refractivity contribution in [1.82, 2.24) is 0 Å². The summed E-state index contributed by atoms with van der Waals surface area (Å²) in [6.07, 6.45) is 1.58. The van der Waals surface area contributed by atoms with Gasteiger partial charge in [0, 0.05) is 16.0 Å². The molecule has 0 aliphatic heterocycles. The maximum atomic E-state index is 12.2. The molecule has 6 heteroatoms. The Morgan fingerprint density at radius 2 is 1.88 bits per heavy atom. The minimum absolute atomic E-state index is 0.0468. The number of carbonyl (C=O) groups excluding carboxylic acids is 2. The third kappa shape index (κ3) is 3.67. The topological polar surface area (TPSA) is 65.7 Å². The van der Waals surface area contributed by atoms with Crippen molar-refractivity contribution in [3.8, 4) is 5.75 Å². The lowest BCUT2D eigenvalue weighted by Gasteiger charge is -2.05. The van der Waals surface area contributed by atoms with Gasteiger partial charge in [-0.15, -0.1) is 0 Å². The van der Waals surface area contributed by atoms with Crippen molar-refractivity contribution in [3.63, 3.8) is 0 Å². The van der Waals surface area contributed by atoms with Gasteiger partial charge >= 0.3 is 11.9 Å². The first kappa shape index (κ1) is 17.0. The summed E-state index contributed by atoms with van der Waals surface area (Å²) in [6.45, 7) is 1.89. The van der Waals surface area contributed by atoms with Crippen LogP contribution in [-0.4, -0.2) is 19.0 Å². The molecule has 0 saturated heterocycles. The van der Waals surface area contributed by atoms with E-state index in [1.807, 2.05) is 13.0 Å². The van der Waals surface area contributed by atoms with Crippen LogP contribution in [0.1, 0.15) is 21.5 Å². The summed E-state index contributed by atoms with van der Waals surface area (Å²) in [5.74, 6) is -0.542. The Morgan fingerprint density at radius 3 is 2.56 bits per heavy atom. The van der Waals surface area contributed by atoms with E-state index >= 15 is 0 Å². The number of furan rings is 1. The van der Waals surface area contributed by atoms with Gasteiger partial charge in [-0.1, -0.05) is 11.6 Å². The SMILES string of the molecule is COC(=O)c1ccc(OC(=O)Cc2coc3cc(C)c(Cl)cc23)cc1. The molecule has 25 heavy (non-hydrogen) atoms. The van der Waals surface area contributed by atoms with Gasteiger partial charge in [-0.3, -0.25) is 4.79 Å². The highest BCUT2D eigenvalue weighted by atomic mass is 35.5. The first-order valence-corrected chi connectivity index (χ1v) is 7.91. The Labute approximate surface area is 149 Å². The molecule has 0 amide bonds. The van der Waals surface area contributed by atoms with Crippen LogP contribution in [0.25, 0.3) is 11.0 Å². The average molecular weight is 359 g/mol. The first-order valence-electron chi connectivity index (χ1n) is 7.53. The minimum Gasteiger partial charge on any atom is -0.465 e. The van der Waals surface area contributed by atoms with Crippen molar-refractivity contribution in [3.05, 3.63) is 64.4 Å². The van der Waals surface area contributed by atoms with E-state index in [4.69, 9.17) is 20.8 Å². The Kier molecular flexibility index (Phi) is 4.76. The number of aryl methyl sites for hydroxylation is 1. The number of fused-ring (bicyclic) bond motifs is 1. The van der Waals surface area contributed by atoms with E-state index in [0.717, 1.165) is 10.9 Å². The third-order valence-corrected chi connectivity index (χ3v) is 4.18. The summed E-state index contributed by atoms with van der Waals surface area (Å²) in [6, 6.07) is 9.76. The van der Waals surface area contributed by atoms with E-state index in [0.29, 0.717) is 27.5 Å². The number of methoxy groups -OCH3 is 1. The lowest BCUT2D eigenvalue weighted by molar-refractivity contribution is -0.133. The number of esters is 2. The first-order chi connectivity index (χ1) is 12.0. The van der Waals surface area contributed by atoms with E-state index in [2.05, 4.69) is 4.74 Å². The van der Waals surface area contributed by atoms with Crippen LogP contribution in [0, 0.1) is 6.92 Å². The van der Waals surface area contributed by atoms with Crippen molar-refractivity contribution in [2.75, 3.05) is 7.11 Å². The zero-order valence-corrected chi connectivity index (χ0v) is 14.4. The van der Waals surface area contributed by atoms with Crippen molar-refractivity contribution in [2.45, 2.75) is 13.3 Å². The van der Waals surface area contributed by atoms with Crippen LogP contribution in [-0.2, 0) is 16.0 Å². The molecular weight excluding hydrogens is 344 g/mol. The van der Waals surface area contributed by atoms with Crippen LogP contribution in [0.2, 0.25) is 5.02 Å². The molecule has 1 heterocycles. The molecule has 0 bridgehead atoms. The molecule has 5 nitrogen and oxygen atoms in total. The van der Waals surface area contributed by atoms with E-state index in [1.54, 1.807) is 6.07 Å². The fraction of sp³-hybridized carbons (Fsp3) is 0.158. The van der Waals surface area contributed by atoms with Crippen LogP contribution in [0.5, 0.6) is 5.75 Å². The number of halogens is 1. The van der Waals surface area contributed by atoms with Gasteiger partial charge in [-0.25, -0.2) is 4.79 Å². The monoisotopic (exact) mass is 358 g/mol. The molecule has 0 saturated carbocycles. The summed E-state index contributed by atoms with van der Waals surface area (Å²) in [5.41, 5.74) is 2.66. The molecular formula is C19H15ClO5. The molecule has 0 aliphatic carbocycles. The standard InChI is InChI=1S/C19H15ClO5/c1-11-7-17-15(9-16(11)20)13(10-24-17)8-18(21)25-14-5-3-12(4-6-14)19(22)23-2/h3-7,9-10H,8H2,1-2H3. The predicted molar refractivity (Wildman–Crippen MR) is 93.1 cm³/mol. The number of hydrogen-bond donors (Lipinski definition) is 0. The second-order valence-corrected chi connectivity index (χ2v) is 5.93. The van der Waals surface area contributed by atoms with Gasteiger partial charge in [0.1, 0.15) is 11.3 Å². The highest BCUT2D eigenvalue weighted by molar-refractivity contribution is 6.32. The largest absolute Gasteiger partial charge is 0.465 e. The van der Waals surface area contributed by atoms with Crippen molar-refractivity contribution >= 4 is 34.5 Å². The second kappa shape index (κ2) is 6.99. The van der Waals surface area contributed by atoms with Crippen LogP contribution >= 0.6 is 11.6 Å². The quantitative estimate of drug-likeness (QED) is 0.513. The number of hydrogen-bond acceptors (Lipinski definition) is 5. The fourth-order valence-corrected chi connectivity index (χ4v) is 2.60. The van der Waals surface area contributed by atoms with E-state index in [1.165, 1.54) is 37.6 Å². The van der Waals surface area contributed by atoms with Gasteiger partial charge in [-0.2, -0.15) is 0 Å². The van der Waals surface area contributed by atoms with Crippen LogP contribution in [0.3, 0.4) is 0 Å². The van der Waals surface area contributed by atoms with Gasteiger partial charge in [0.15, 0.2) is 0 Å². The fourth-order valence-electron chi connectivity index (χ4n) is 2.44. The summed E-state index contributed by atoms with van der Waals surface area (Å²) in [4.78, 5) is 23.5. The van der Waals surface area contributed by atoms with Gasteiger partial charge < -0.3 is 13.9 Å². The van der Waals surface area contributed by atoms with Crippen LogP contribution in [0.15, 0.2) is 47.1 Å². The average Bonchev–Trinajstić information content (AvgIpc) is 2.97.